The van der Waals surface area contributed by atoms with Crippen LogP contribution in [0, 0.1) is 5.92 Å². The van der Waals surface area contributed by atoms with Gasteiger partial charge in [0.1, 0.15) is 0 Å². The molecule has 3 unspecified atom stereocenters. The van der Waals surface area contributed by atoms with E-state index in [2.05, 4.69) is 5.32 Å². The van der Waals surface area contributed by atoms with Gasteiger partial charge in [0.05, 0.1) is 17.1 Å². The van der Waals surface area contributed by atoms with Crippen molar-refractivity contribution in [1.29, 1.82) is 0 Å². The molecule has 5 heteroatoms. The Kier molecular flexibility index (Phi) is 6.60. The molecule has 1 saturated heterocycles. The van der Waals surface area contributed by atoms with Crippen LogP contribution in [0.2, 0.25) is 0 Å². The molecule has 0 aromatic heterocycles. The lowest BCUT2D eigenvalue weighted by Crippen LogP contribution is -2.37. The lowest BCUT2D eigenvalue weighted by molar-refractivity contribution is 0.110. The molecular weight excluding hydrogens is 250 g/mol. The molecule has 18 heavy (non-hydrogen) atoms. The summed E-state index contributed by atoms with van der Waals surface area (Å²) in [7, 11) is -2.97. The highest BCUT2D eigenvalue weighted by Crippen LogP contribution is 2.12. The van der Waals surface area contributed by atoms with Crippen molar-refractivity contribution in [1.82, 2.24) is 5.32 Å². The first-order valence-corrected chi connectivity index (χ1v) is 8.71. The minimum Gasteiger partial charge on any atom is -0.377 e. The third-order valence-electron chi connectivity index (χ3n) is 3.65. The Hall–Kier alpha value is -0.130. The standard InChI is InChI=1S/C13H27NO3S/c1-4-11(2)10-18(15,16)12(3)8-14-9-13-6-5-7-17-13/h11-14H,4-10H2,1-3H3. The summed E-state index contributed by atoms with van der Waals surface area (Å²) in [5, 5.41) is 2.91. The molecule has 4 nitrogen and oxygen atoms in total. The molecule has 1 aliphatic rings. The minimum atomic E-state index is -2.97. The van der Waals surface area contributed by atoms with Gasteiger partial charge in [-0.05, 0) is 25.7 Å². The molecule has 0 aliphatic carbocycles. The molecule has 0 spiro atoms. The van der Waals surface area contributed by atoms with Crippen LogP contribution in [0.3, 0.4) is 0 Å². The Morgan fingerprint density at radius 3 is 2.67 bits per heavy atom. The third kappa shape index (κ3) is 5.24. The first kappa shape index (κ1) is 15.9. The van der Waals surface area contributed by atoms with Crippen LogP contribution in [0.25, 0.3) is 0 Å². The topological polar surface area (TPSA) is 55.4 Å². The van der Waals surface area contributed by atoms with E-state index < -0.39 is 9.84 Å². The monoisotopic (exact) mass is 277 g/mol. The summed E-state index contributed by atoms with van der Waals surface area (Å²) in [6.45, 7) is 7.95. The van der Waals surface area contributed by atoms with E-state index in [-0.39, 0.29) is 17.3 Å². The van der Waals surface area contributed by atoms with Crippen molar-refractivity contribution < 1.29 is 13.2 Å². The van der Waals surface area contributed by atoms with Gasteiger partial charge in [-0.25, -0.2) is 8.42 Å². The molecule has 0 aromatic rings. The lowest BCUT2D eigenvalue weighted by atomic mass is 10.2. The summed E-state index contributed by atoms with van der Waals surface area (Å²) in [4.78, 5) is 0. The normalized spacial score (nSPS) is 24.1. The molecule has 3 atom stereocenters. The molecule has 0 aromatic carbocycles. The van der Waals surface area contributed by atoms with Crippen LogP contribution < -0.4 is 5.32 Å². The van der Waals surface area contributed by atoms with Crippen molar-refractivity contribution in [3.8, 4) is 0 Å². The summed E-state index contributed by atoms with van der Waals surface area (Å²) in [5.74, 6) is 0.544. The second kappa shape index (κ2) is 7.46. The fourth-order valence-corrected chi connectivity index (χ4v) is 3.79. The quantitative estimate of drug-likeness (QED) is 0.732. The molecule has 1 fully saturated rings. The van der Waals surface area contributed by atoms with Gasteiger partial charge in [0.25, 0.3) is 0 Å². The zero-order valence-corrected chi connectivity index (χ0v) is 12.6. The largest absolute Gasteiger partial charge is 0.377 e. The average Bonchev–Trinajstić information content (AvgIpc) is 2.81. The summed E-state index contributed by atoms with van der Waals surface area (Å²) in [5.41, 5.74) is 0. The van der Waals surface area contributed by atoms with Gasteiger partial charge < -0.3 is 10.1 Å². The number of hydrogen-bond acceptors (Lipinski definition) is 4. The van der Waals surface area contributed by atoms with E-state index in [1.165, 1.54) is 0 Å². The highest BCUT2D eigenvalue weighted by atomic mass is 32.2. The molecular formula is C13H27NO3S. The van der Waals surface area contributed by atoms with Crippen molar-refractivity contribution in [2.75, 3.05) is 25.4 Å². The summed E-state index contributed by atoms with van der Waals surface area (Å²) in [6, 6.07) is 0. The van der Waals surface area contributed by atoms with Crippen LogP contribution in [0.1, 0.15) is 40.0 Å². The predicted molar refractivity (Wildman–Crippen MR) is 74.5 cm³/mol. The van der Waals surface area contributed by atoms with Gasteiger partial charge in [-0.1, -0.05) is 20.3 Å². The number of rotatable bonds is 8. The van der Waals surface area contributed by atoms with Gasteiger partial charge >= 0.3 is 0 Å². The van der Waals surface area contributed by atoms with Crippen molar-refractivity contribution in [3.63, 3.8) is 0 Å². The summed E-state index contributed by atoms with van der Waals surface area (Å²) >= 11 is 0. The fraction of sp³-hybridized carbons (Fsp3) is 1.00. The first-order valence-electron chi connectivity index (χ1n) is 6.99. The average molecular weight is 277 g/mol. The maximum absolute atomic E-state index is 12.1. The van der Waals surface area contributed by atoms with Gasteiger partial charge in [-0.15, -0.1) is 0 Å². The van der Waals surface area contributed by atoms with Gasteiger partial charge in [0.15, 0.2) is 9.84 Å². The van der Waals surface area contributed by atoms with E-state index in [0.29, 0.717) is 12.3 Å². The van der Waals surface area contributed by atoms with Gasteiger partial charge in [0, 0.05) is 19.7 Å². The van der Waals surface area contributed by atoms with E-state index in [1.54, 1.807) is 6.92 Å². The number of sulfone groups is 1. The Labute approximate surface area is 111 Å². The van der Waals surface area contributed by atoms with Crippen LogP contribution in [-0.2, 0) is 14.6 Å². The van der Waals surface area contributed by atoms with Crippen molar-refractivity contribution in [2.24, 2.45) is 5.92 Å². The van der Waals surface area contributed by atoms with E-state index in [9.17, 15) is 8.42 Å². The molecule has 0 amide bonds. The highest BCUT2D eigenvalue weighted by molar-refractivity contribution is 7.92. The molecule has 1 rings (SSSR count). The smallest absolute Gasteiger partial charge is 0.154 e. The molecule has 1 heterocycles. The number of ether oxygens (including phenoxy) is 1. The zero-order chi connectivity index (χ0) is 13.6. The Morgan fingerprint density at radius 2 is 2.11 bits per heavy atom. The minimum absolute atomic E-state index is 0.246. The van der Waals surface area contributed by atoms with Crippen LogP contribution in [-0.4, -0.2) is 45.2 Å². The van der Waals surface area contributed by atoms with Crippen molar-refractivity contribution in [3.05, 3.63) is 0 Å². The number of nitrogens with one attached hydrogen (secondary N) is 1. The van der Waals surface area contributed by atoms with Gasteiger partial charge in [-0.2, -0.15) is 0 Å². The van der Waals surface area contributed by atoms with Crippen molar-refractivity contribution in [2.45, 2.75) is 51.4 Å². The summed E-state index contributed by atoms with van der Waals surface area (Å²) < 4.78 is 29.6. The molecule has 0 radical (unpaired) electrons. The molecule has 1 N–H and O–H groups in total. The highest BCUT2D eigenvalue weighted by Gasteiger charge is 2.23. The van der Waals surface area contributed by atoms with Crippen molar-refractivity contribution >= 4 is 9.84 Å². The van der Waals surface area contributed by atoms with Crippen LogP contribution in [0.5, 0.6) is 0 Å². The second-order valence-electron chi connectivity index (χ2n) is 5.45. The van der Waals surface area contributed by atoms with Crippen LogP contribution >= 0.6 is 0 Å². The molecule has 1 aliphatic heterocycles. The SMILES string of the molecule is CCC(C)CS(=O)(=O)C(C)CNCC1CCCO1. The molecule has 0 bridgehead atoms. The Morgan fingerprint density at radius 1 is 1.39 bits per heavy atom. The van der Waals surface area contributed by atoms with Gasteiger partial charge in [0.2, 0.25) is 0 Å². The molecule has 0 saturated carbocycles. The summed E-state index contributed by atoms with van der Waals surface area (Å²) in [6.07, 6.45) is 3.39. The van der Waals surface area contributed by atoms with E-state index in [4.69, 9.17) is 4.74 Å². The predicted octanol–water partition coefficient (Wildman–Crippen LogP) is 1.60. The zero-order valence-electron chi connectivity index (χ0n) is 11.8. The maximum atomic E-state index is 12.1. The number of hydrogen-bond donors (Lipinski definition) is 1. The Balaban J connectivity index is 2.27. The maximum Gasteiger partial charge on any atom is 0.154 e. The lowest BCUT2D eigenvalue weighted by Gasteiger charge is -2.17. The van der Waals surface area contributed by atoms with E-state index in [1.807, 2.05) is 13.8 Å². The van der Waals surface area contributed by atoms with E-state index >= 15 is 0 Å². The third-order valence-corrected chi connectivity index (χ3v) is 6.08. The Bertz CT molecular complexity index is 323. The second-order valence-corrected chi connectivity index (χ2v) is 7.91. The first-order chi connectivity index (χ1) is 8.45. The van der Waals surface area contributed by atoms with Crippen LogP contribution in [0.4, 0.5) is 0 Å². The van der Waals surface area contributed by atoms with E-state index in [0.717, 1.165) is 32.4 Å². The molecule has 108 valence electrons. The fourth-order valence-electron chi connectivity index (χ4n) is 2.06. The van der Waals surface area contributed by atoms with Gasteiger partial charge in [-0.3, -0.25) is 0 Å². The van der Waals surface area contributed by atoms with Crippen LogP contribution in [0.15, 0.2) is 0 Å².